The first-order chi connectivity index (χ1) is 7.77. The summed E-state index contributed by atoms with van der Waals surface area (Å²) in [7, 11) is 2.20. The molecular weight excluding hydrogens is 210 g/mol. The molecule has 0 aromatic rings. The molecule has 1 saturated heterocycles. The van der Waals surface area contributed by atoms with Crippen molar-refractivity contribution >= 4 is 0 Å². The molecule has 0 unspecified atom stereocenters. The Kier molecular flexibility index (Phi) is 4.57. The molecule has 0 N–H and O–H groups in total. The lowest BCUT2D eigenvalue weighted by atomic mass is 9.89. The summed E-state index contributed by atoms with van der Waals surface area (Å²) in [6.07, 6.45) is 2.12. The molecule has 17 heavy (non-hydrogen) atoms. The largest absolute Gasteiger partial charge is 0.300 e. The van der Waals surface area contributed by atoms with Gasteiger partial charge in [0.15, 0.2) is 0 Å². The van der Waals surface area contributed by atoms with Crippen LogP contribution in [0.5, 0.6) is 0 Å². The third-order valence-electron chi connectivity index (χ3n) is 3.97. The van der Waals surface area contributed by atoms with Gasteiger partial charge in [-0.2, -0.15) is 5.26 Å². The number of rotatable bonds is 4. The number of nitriles is 1. The molecule has 1 aliphatic rings. The zero-order chi connectivity index (χ0) is 13.1. The van der Waals surface area contributed by atoms with E-state index >= 15 is 0 Å². The Bertz CT molecular complexity index is 288. The van der Waals surface area contributed by atoms with E-state index in [2.05, 4.69) is 36.8 Å². The number of piperazine rings is 1. The molecule has 1 fully saturated rings. The Morgan fingerprint density at radius 1 is 1.29 bits per heavy atom. The smallest absolute Gasteiger partial charge is 0.0683 e. The summed E-state index contributed by atoms with van der Waals surface area (Å²) >= 11 is 0. The first kappa shape index (κ1) is 14.5. The van der Waals surface area contributed by atoms with Crippen LogP contribution in [0.15, 0.2) is 0 Å². The molecule has 1 heterocycles. The normalized spacial score (nSPS) is 22.4. The summed E-state index contributed by atoms with van der Waals surface area (Å²) in [5.41, 5.74) is 0.116. The van der Waals surface area contributed by atoms with E-state index in [-0.39, 0.29) is 11.0 Å². The van der Waals surface area contributed by atoms with E-state index in [9.17, 15) is 0 Å². The molecule has 1 aliphatic heterocycles. The second kappa shape index (κ2) is 5.37. The molecule has 0 aliphatic carbocycles. The zero-order valence-corrected chi connectivity index (χ0v) is 12.1. The van der Waals surface area contributed by atoms with Gasteiger partial charge in [-0.25, -0.2) is 0 Å². The summed E-state index contributed by atoms with van der Waals surface area (Å²) in [4.78, 5) is 4.97. The average molecular weight is 237 g/mol. The lowest BCUT2D eigenvalue weighted by Crippen LogP contribution is -2.57. The van der Waals surface area contributed by atoms with Crippen LogP contribution in [-0.2, 0) is 0 Å². The minimum Gasteiger partial charge on any atom is -0.300 e. The standard InChI is InChI=1S/C14H27N3/c1-13(2,11-15)7-6-8-17-10-9-16(5)14(3,4)12-17/h6-10,12H2,1-5H3. The fraction of sp³-hybridized carbons (Fsp3) is 0.929. The topological polar surface area (TPSA) is 30.3 Å². The number of hydrogen-bond donors (Lipinski definition) is 0. The Morgan fingerprint density at radius 2 is 1.94 bits per heavy atom. The van der Waals surface area contributed by atoms with Gasteiger partial charge in [-0.15, -0.1) is 0 Å². The Balaban J connectivity index is 2.33. The van der Waals surface area contributed by atoms with E-state index in [1.54, 1.807) is 0 Å². The predicted molar refractivity (Wildman–Crippen MR) is 71.8 cm³/mol. The highest BCUT2D eigenvalue weighted by Gasteiger charge is 2.30. The maximum absolute atomic E-state index is 8.98. The summed E-state index contributed by atoms with van der Waals surface area (Å²) in [6, 6.07) is 2.38. The average Bonchev–Trinajstić information content (AvgIpc) is 2.23. The van der Waals surface area contributed by atoms with Gasteiger partial charge in [0.2, 0.25) is 0 Å². The van der Waals surface area contributed by atoms with Gasteiger partial charge in [0.05, 0.1) is 11.5 Å². The summed E-state index contributed by atoms with van der Waals surface area (Å²) < 4.78 is 0. The minimum atomic E-state index is -0.165. The van der Waals surface area contributed by atoms with E-state index in [1.165, 1.54) is 0 Å². The highest BCUT2D eigenvalue weighted by Crippen LogP contribution is 2.23. The van der Waals surface area contributed by atoms with Crippen molar-refractivity contribution in [3.05, 3.63) is 0 Å². The summed E-state index contributed by atoms with van der Waals surface area (Å²) in [5.74, 6) is 0. The van der Waals surface area contributed by atoms with Crippen molar-refractivity contribution in [3.63, 3.8) is 0 Å². The van der Waals surface area contributed by atoms with Crippen LogP contribution < -0.4 is 0 Å². The van der Waals surface area contributed by atoms with Crippen LogP contribution in [0.3, 0.4) is 0 Å². The molecule has 1 rings (SSSR count). The fourth-order valence-electron chi connectivity index (χ4n) is 2.33. The highest BCUT2D eigenvalue weighted by atomic mass is 15.3. The van der Waals surface area contributed by atoms with Gasteiger partial charge in [-0.1, -0.05) is 0 Å². The van der Waals surface area contributed by atoms with E-state index in [1.807, 2.05) is 13.8 Å². The third-order valence-corrected chi connectivity index (χ3v) is 3.97. The molecule has 3 heteroatoms. The van der Waals surface area contributed by atoms with Crippen molar-refractivity contribution in [2.24, 2.45) is 5.41 Å². The second-order valence-corrected chi connectivity index (χ2v) is 6.61. The molecule has 3 nitrogen and oxygen atoms in total. The number of likely N-dealkylation sites (N-methyl/N-ethyl adjacent to an activating group) is 1. The van der Waals surface area contributed by atoms with Gasteiger partial charge in [-0.3, -0.25) is 4.90 Å². The van der Waals surface area contributed by atoms with Crippen LogP contribution in [0.2, 0.25) is 0 Å². The summed E-state index contributed by atoms with van der Waals surface area (Å²) in [5, 5.41) is 8.98. The summed E-state index contributed by atoms with van der Waals surface area (Å²) in [6.45, 7) is 13.2. The Hall–Kier alpha value is -0.590. The van der Waals surface area contributed by atoms with Crippen molar-refractivity contribution in [3.8, 4) is 6.07 Å². The molecular formula is C14H27N3. The molecule has 98 valence electrons. The van der Waals surface area contributed by atoms with Crippen molar-refractivity contribution < 1.29 is 0 Å². The van der Waals surface area contributed by atoms with Crippen LogP contribution in [0.25, 0.3) is 0 Å². The van der Waals surface area contributed by atoms with Crippen molar-refractivity contribution in [2.45, 2.75) is 46.1 Å². The molecule has 0 saturated carbocycles. The molecule has 0 amide bonds. The van der Waals surface area contributed by atoms with E-state index in [4.69, 9.17) is 5.26 Å². The minimum absolute atomic E-state index is 0.165. The van der Waals surface area contributed by atoms with Crippen LogP contribution >= 0.6 is 0 Å². The lowest BCUT2D eigenvalue weighted by Gasteiger charge is -2.45. The molecule has 0 bridgehead atoms. The third kappa shape index (κ3) is 4.29. The quantitative estimate of drug-likeness (QED) is 0.752. The Morgan fingerprint density at radius 3 is 2.47 bits per heavy atom. The van der Waals surface area contributed by atoms with E-state index in [0.29, 0.717) is 0 Å². The lowest BCUT2D eigenvalue weighted by molar-refractivity contribution is 0.0385. The number of nitrogens with zero attached hydrogens (tertiary/aromatic N) is 3. The van der Waals surface area contributed by atoms with Crippen LogP contribution in [0.4, 0.5) is 0 Å². The van der Waals surface area contributed by atoms with Crippen molar-refractivity contribution in [1.29, 1.82) is 5.26 Å². The highest BCUT2D eigenvalue weighted by molar-refractivity contribution is 4.92. The fourth-order valence-corrected chi connectivity index (χ4v) is 2.33. The first-order valence-corrected chi connectivity index (χ1v) is 6.62. The van der Waals surface area contributed by atoms with Gasteiger partial charge < -0.3 is 4.90 Å². The van der Waals surface area contributed by atoms with Crippen LogP contribution in [-0.4, -0.2) is 48.6 Å². The maximum atomic E-state index is 8.98. The van der Waals surface area contributed by atoms with Crippen LogP contribution in [0.1, 0.15) is 40.5 Å². The van der Waals surface area contributed by atoms with Gasteiger partial charge in [-0.05, 0) is 54.1 Å². The van der Waals surface area contributed by atoms with Crippen molar-refractivity contribution in [1.82, 2.24) is 9.80 Å². The van der Waals surface area contributed by atoms with Crippen LogP contribution in [0, 0.1) is 16.7 Å². The molecule has 0 aromatic carbocycles. The van der Waals surface area contributed by atoms with Gasteiger partial charge in [0.1, 0.15) is 0 Å². The van der Waals surface area contributed by atoms with Gasteiger partial charge in [0, 0.05) is 25.2 Å². The monoisotopic (exact) mass is 237 g/mol. The molecule has 0 atom stereocenters. The molecule has 0 aromatic heterocycles. The van der Waals surface area contributed by atoms with Gasteiger partial charge in [0.25, 0.3) is 0 Å². The second-order valence-electron chi connectivity index (χ2n) is 6.61. The zero-order valence-electron chi connectivity index (χ0n) is 12.1. The predicted octanol–water partition coefficient (Wildman–Crippen LogP) is 2.34. The Labute approximate surface area is 106 Å². The SMILES string of the molecule is CN1CCN(CCCC(C)(C)C#N)CC1(C)C. The molecule has 0 radical (unpaired) electrons. The number of hydrogen-bond acceptors (Lipinski definition) is 3. The van der Waals surface area contributed by atoms with Crippen molar-refractivity contribution in [2.75, 3.05) is 33.2 Å². The first-order valence-electron chi connectivity index (χ1n) is 6.62. The van der Waals surface area contributed by atoms with E-state index < -0.39 is 0 Å². The molecule has 0 spiro atoms. The van der Waals surface area contributed by atoms with Gasteiger partial charge >= 0.3 is 0 Å². The maximum Gasteiger partial charge on any atom is 0.0683 e. The van der Waals surface area contributed by atoms with E-state index in [0.717, 1.165) is 39.0 Å².